The summed E-state index contributed by atoms with van der Waals surface area (Å²) >= 11 is 0. The van der Waals surface area contributed by atoms with Crippen LogP contribution in [0.25, 0.3) is 11.1 Å². The molecule has 32 heavy (non-hydrogen) atoms. The molecule has 2 aromatic rings. The largest absolute Gasteiger partial charge is 0.480 e. The number of carboxylic acid groups (broad SMARTS) is 1. The normalized spacial score (nSPS) is 14.1. The van der Waals surface area contributed by atoms with Crippen molar-refractivity contribution < 1.29 is 24.2 Å². The number of benzene rings is 2. The highest BCUT2D eigenvalue weighted by atomic mass is 16.5. The third-order valence-electron chi connectivity index (χ3n) is 5.75. The molecule has 170 valence electrons. The van der Waals surface area contributed by atoms with Crippen LogP contribution >= 0.6 is 0 Å². The van der Waals surface area contributed by atoms with E-state index in [1.807, 2.05) is 31.2 Å². The zero-order valence-corrected chi connectivity index (χ0v) is 18.5. The fraction of sp³-hybridized carbons (Fsp3) is 0.400. The van der Waals surface area contributed by atoms with E-state index < -0.39 is 30.1 Å². The molecule has 2 aromatic carbocycles. The Morgan fingerprint density at radius 2 is 1.59 bits per heavy atom. The van der Waals surface area contributed by atoms with Gasteiger partial charge in [0.1, 0.15) is 12.6 Å². The molecule has 3 N–H and O–H groups in total. The molecule has 1 unspecified atom stereocenters. The summed E-state index contributed by atoms with van der Waals surface area (Å²) < 4.78 is 5.58. The highest BCUT2D eigenvalue weighted by molar-refractivity contribution is 5.84. The van der Waals surface area contributed by atoms with E-state index in [2.05, 4.69) is 34.9 Å². The van der Waals surface area contributed by atoms with Crippen LogP contribution in [0, 0.1) is 0 Å². The van der Waals surface area contributed by atoms with E-state index in [-0.39, 0.29) is 18.9 Å². The summed E-state index contributed by atoms with van der Waals surface area (Å²) in [4.78, 5) is 35.7. The van der Waals surface area contributed by atoms with Crippen molar-refractivity contribution in [3.63, 3.8) is 0 Å². The number of alkyl carbamates (subject to hydrolysis) is 1. The van der Waals surface area contributed by atoms with Crippen LogP contribution in [0.2, 0.25) is 0 Å². The highest BCUT2D eigenvalue weighted by Crippen LogP contribution is 2.44. The number of aliphatic carboxylic acids is 1. The lowest BCUT2D eigenvalue weighted by molar-refractivity contribution is -0.141. The van der Waals surface area contributed by atoms with E-state index in [9.17, 15) is 14.4 Å². The van der Waals surface area contributed by atoms with Gasteiger partial charge in [-0.25, -0.2) is 4.79 Å². The van der Waals surface area contributed by atoms with Crippen molar-refractivity contribution >= 4 is 18.0 Å². The predicted octanol–water partition coefficient (Wildman–Crippen LogP) is 4.06. The fourth-order valence-corrected chi connectivity index (χ4v) is 4.07. The molecule has 0 bridgehead atoms. The molecule has 1 aliphatic rings. The van der Waals surface area contributed by atoms with Gasteiger partial charge in [-0.3, -0.25) is 9.59 Å². The van der Waals surface area contributed by atoms with Gasteiger partial charge < -0.3 is 20.5 Å². The number of hydrogen-bond donors (Lipinski definition) is 3. The minimum absolute atomic E-state index is 0.00180. The number of carbonyl (C=O) groups excluding carboxylic acids is 2. The van der Waals surface area contributed by atoms with Gasteiger partial charge >= 0.3 is 12.1 Å². The maximum absolute atomic E-state index is 12.6. The van der Waals surface area contributed by atoms with E-state index in [1.54, 1.807) is 0 Å². The zero-order chi connectivity index (χ0) is 23.1. The second-order valence-electron chi connectivity index (χ2n) is 8.14. The first-order valence-corrected chi connectivity index (χ1v) is 11.0. The maximum Gasteiger partial charge on any atom is 0.407 e. The number of rotatable bonds is 10. The van der Waals surface area contributed by atoms with Crippen LogP contribution in [-0.2, 0) is 14.3 Å². The van der Waals surface area contributed by atoms with Crippen LogP contribution in [-0.4, -0.2) is 41.8 Å². The summed E-state index contributed by atoms with van der Waals surface area (Å²) in [6, 6.07) is 14.8. The Balaban J connectivity index is 1.60. The molecule has 0 aromatic heterocycles. The Kier molecular flexibility index (Phi) is 7.87. The molecule has 0 saturated carbocycles. The number of unbranched alkanes of at least 4 members (excludes halogenated alkanes) is 1. The molecule has 7 heteroatoms. The molecule has 0 saturated heterocycles. The van der Waals surface area contributed by atoms with Crippen LogP contribution in [0.4, 0.5) is 4.79 Å². The van der Waals surface area contributed by atoms with Gasteiger partial charge in [0, 0.05) is 18.4 Å². The smallest absolute Gasteiger partial charge is 0.407 e. The Hall–Kier alpha value is -3.35. The van der Waals surface area contributed by atoms with Crippen LogP contribution in [0.1, 0.15) is 56.6 Å². The lowest BCUT2D eigenvalue weighted by Gasteiger charge is -2.20. The molecule has 3 rings (SSSR count). The monoisotopic (exact) mass is 438 g/mol. The fourth-order valence-electron chi connectivity index (χ4n) is 4.07. The molecule has 0 aliphatic heterocycles. The molecule has 0 spiro atoms. The molecule has 2 atom stereocenters. The first-order chi connectivity index (χ1) is 15.4. The van der Waals surface area contributed by atoms with Gasteiger partial charge in [0.05, 0.1) is 0 Å². The summed E-state index contributed by atoms with van der Waals surface area (Å²) in [6.07, 6.45) is 1.77. The van der Waals surface area contributed by atoms with Crippen LogP contribution in [0.5, 0.6) is 0 Å². The Morgan fingerprint density at radius 3 is 2.16 bits per heavy atom. The van der Waals surface area contributed by atoms with E-state index >= 15 is 0 Å². The van der Waals surface area contributed by atoms with Crippen molar-refractivity contribution in [2.75, 3.05) is 6.61 Å². The zero-order valence-electron chi connectivity index (χ0n) is 18.5. The van der Waals surface area contributed by atoms with E-state index in [0.717, 1.165) is 35.1 Å². The second-order valence-corrected chi connectivity index (χ2v) is 8.14. The number of fused-ring (bicyclic) bond motifs is 3. The quantitative estimate of drug-likeness (QED) is 0.519. The average Bonchev–Trinajstić information content (AvgIpc) is 3.09. The third-order valence-corrected chi connectivity index (χ3v) is 5.75. The van der Waals surface area contributed by atoms with Gasteiger partial charge in [0.25, 0.3) is 0 Å². The Bertz CT molecular complexity index is 929. The molecule has 7 nitrogen and oxygen atoms in total. The summed E-state index contributed by atoms with van der Waals surface area (Å²) in [5, 5.41) is 14.2. The molecular weight excluding hydrogens is 408 g/mol. The molecule has 0 heterocycles. The number of carboxylic acids is 1. The highest BCUT2D eigenvalue weighted by Gasteiger charge is 2.29. The van der Waals surface area contributed by atoms with Crippen molar-refractivity contribution in [2.45, 2.75) is 57.5 Å². The molecule has 2 amide bonds. The summed E-state index contributed by atoms with van der Waals surface area (Å²) in [5.74, 6) is -1.56. The maximum atomic E-state index is 12.6. The van der Waals surface area contributed by atoms with E-state index in [0.29, 0.717) is 6.42 Å². The van der Waals surface area contributed by atoms with Crippen LogP contribution in [0.15, 0.2) is 48.5 Å². The Morgan fingerprint density at radius 1 is 1.00 bits per heavy atom. The number of nitrogens with one attached hydrogen (secondary N) is 2. The minimum Gasteiger partial charge on any atom is -0.480 e. The van der Waals surface area contributed by atoms with Crippen LogP contribution < -0.4 is 10.6 Å². The molecule has 0 radical (unpaired) electrons. The van der Waals surface area contributed by atoms with Gasteiger partial charge in [-0.1, -0.05) is 68.3 Å². The Labute approximate surface area is 188 Å². The first-order valence-electron chi connectivity index (χ1n) is 11.0. The first kappa shape index (κ1) is 23.3. The summed E-state index contributed by atoms with van der Waals surface area (Å²) in [5.41, 5.74) is 4.57. The van der Waals surface area contributed by atoms with Gasteiger partial charge in [0.2, 0.25) is 5.91 Å². The van der Waals surface area contributed by atoms with Gasteiger partial charge in [-0.15, -0.1) is 0 Å². The topological polar surface area (TPSA) is 105 Å². The molecule has 1 aliphatic carbocycles. The van der Waals surface area contributed by atoms with Gasteiger partial charge in [-0.2, -0.15) is 0 Å². The van der Waals surface area contributed by atoms with Crippen molar-refractivity contribution in [3.8, 4) is 11.1 Å². The van der Waals surface area contributed by atoms with Gasteiger partial charge in [0.15, 0.2) is 0 Å². The lowest BCUT2D eigenvalue weighted by Crippen LogP contribution is -2.43. The second kappa shape index (κ2) is 10.8. The van der Waals surface area contributed by atoms with Gasteiger partial charge in [-0.05, 0) is 35.6 Å². The molecular formula is C25H30N2O5. The number of amides is 2. The van der Waals surface area contributed by atoms with Crippen molar-refractivity contribution in [1.82, 2.24) is 10.6 Å². The molecule has 0 fully saturated rings. The lowest BCUT2D eigenvalue weighted by atomic mass is 9.98. The summed E-state index contributed by atoms with van der Waals surface area (Å²) in [6.45, 7) is 3.62. The number of hydrogen-bond acceptors (Lipinski definition) is 4. The minimum atomic E-state index is -1.10. The SMILES string of the molecule is CCCC[C@@H](CC(=O)NC(C)C(=O)O)NC(=O)OCC1c2ccccc2-c2ccccc21. The number of ether oxygens (including phenoxy) is 1. The average molecular weight is 439 g/mol. The van der Waals surface area contributed by atoms with E-state index in [1.165, 1.54) is 6.92 Å². The van der Waals surface area contributed by atoms with E-state index in [4.69, 9.17) is 9.84 Å². The van der Waals surface area contributed by atoms with Crippen molar-refractivity contribution in [1.29, 1.82) is 0 Å². The summed E-state index contributed by atoms with van der Waals surface area (Å²) in [7, 11) is 0. The number of carbonyl (C=O) groups is 3. The third kappa shape index (κ3) is 5.66. The standard InChI is InChI=1S/C25H30N2O5/c1-3-4-9-17(14-23(28)26-16(2)24(29)30)27-25(31)32-15-22-20-12-7-5-10-18(20)19-11-6-8-13-21(19)22/h5-8,10-13,16-17,22H,3-4,9,14-15H2,1-2H3,(H,26,28)(H,27,31)(H,29,30)/t16?,17-/m0/s1. The van der Waals surface area contributed by atoms with Crippen LogP contribution in [0.3, 0.4) is 0 Å². The predicted molar refractivity (Wildman–Crippen MR) is 121 cm³/mol. The van der Waals surface area contributed by atoms with Crippen molar-refractivity contribution in [2.24, 2.45) is 0 Å². The van der Waals surface area contributed by atoms with Crippen molar-refractivity contribution in [3.05, 3.63) is 59.7 Å².